The second kappa shape index (κ2) is 7.63. The first-order valence-electron chi connectivity index (χ1n) is 5.34. The Morgan fingerprint density at radius 3 is 2.43 bits per heavy atom. The van der Waals surface area contributed by atoms with Crippen LogP contribution in [0.3, 0.4) is 0 Å². The van der Waals surface area contributed by atoms with Gasteiger partial charge in [-0.2, -0.15) is 0 Å². The fourth-order valence-corrected chi connectivity index (χ4v) is 3.46. The highest BCUT2D eigenvalue weighted by Crippen LogP contribution is 2.38. The molecule has 1 nitrogen and oxygen atoms in total. The Labute approximate surface area is 96.2 Å². The molecule has 0 aromatic rings. The number of hydrogen-bond donors (Lipinski definition) is 0. The van der Waals surface area contributed by atoms with Gasteiger partial charge in [-0.05, 0) is 26.7 Å². The van der Waals surface area contributed by atoms with E-state index in [9.17, 15) is 4.79 Å². The van der Waals surface area contributed by atoms with Crippen molar-refractivity contribution in [3.05, 3.63) is 0 Å². The Morgan fingerprint density at radius 1 is 1.29 bits per heavy atom. The summed E-state index contributed by atoms with van der Waals surface area (Å²) in [6, 6.07) is 0. The van der Waals surface area contributed by atoms with Gasteiger partial charge in [-0.3, -0.25) is 4.79 Å². The van der Waals surface area contributed by atoms with E-state index < -0.39 is 0 Å². The van der Waals surface area contributed by atoms with Gasteiger partial charge >= 0.3 is 0 Å². The van der Waals surface area contributed by atoms with Crippen LogP contribution in [-0.4, -0.2) is 16.3 Å². The molecule has 0 atom stereocenters. The zero-order valence-electron chi connectivity index (χ0n) is 9.76. The van der Waals surface area contributed by atoms with E-state index in [1.165, 1.54) is 6.42 Å². The Balaban J connectivity index is 3.34. The van der Waals surface area contributed by atoms with Gasteiger partial charge in [0.15, 0.2) is 0 Å². The lowest BCUT2D eigenvalue weighted by molar-refractivity contribution is -0.118. The molecule has 0 N–H and O–H groups in total. The molecule has 3 heteroatoms. The van der Waals surface area contributed by atoms with E-state index in [-0.39, 0.29) is 0 Å². The first kappa shape index (κ1) is 14.4. The van der Waals surface area contributed by atoms with E-state index in [2.05, 4.69) is 20.8 Å². The summed E-state index contributed by atoms with van der Waals surface area (Å²) in [5, 5.41) is 0. The lowest BCUT2D eigenvalue weighted by atomic mass is 10.1. The Morgan fingerprint density at radius 2 is 1.93 bits per heavy atom. The molecule has 0 aliphatic heterocycles. The molecule has 0 bridgehead atoms. The van der Waals surface area contributed by atoms with Crippen molar-refractivity contribution in [2.45, 2.75) is 58.1 Å². The van der Waals surface area contributed by atoms with Crippen LogP contribution in [0, 0.1) is 0 Å². The minimum absolute atomic E-state index is 0.374. The smallest absolute Gasteiger partial charge is 0.132 e. The molecule has 0 rings (SSSR count). The standard InChI is InChI=1S/C11H22OS2/c1-5-10(12)8-7-9-13-14-11(3,4)6-2/h5-9H2,1-4H3. The van der Waals surface area contributed by atoms with Crippen LogP contribution in [0.2, 0.25) is 0 Å². The topological polar surface area (TPSA) is 17.1 Å². The third-order valence-corrected chi connectivity index (χ3v) is 5.73. The van der Waals surface area contributed by atoms with Gasteiger partial charge in [-0.15, -0.1) is 0 Å². The van der Waals surface area contributed by atoms with Crippen LogP contribution in [-0.2, 0) is 4.79 Å². The van der Waals surface area contributed by atoms with E-state index in [0.29, 0.717) is 17.0 Å². The van der Waals surface area contributed by atoms with Crippen molar-refractivity contribution >= 4 is 27.4 Å². The van der Waals surface area contributed by atoms with Crippen molar-refractivity contribution in [2.24, 2.45) is 0 Å². The maximum Gasteiger partial charge on any atom is 0.132 e. The zero-order chi connectivity index (χ0) is 11.0. The monoisotopic (exact) mass is 234 g/mol. The number of ketones is 1. The largest absolute Gasteiger partial charge is 0.300 e. The number of Topliss-reactive ketones (excluding diaryl/α,β-unsaturated/α-hetero) is 1. The Hall–Kier alpha value is 0.370. The fourth-order valence-electron chi connectivity index (χ4n) is 0.765. The van der Waals surface area contributed by atoms with Crippen molar-refractivity contribution < 1.29 is 4.79 Å². The summed E-state index contributed by atoms with van der Waals surface area (Å²) in [6.45, 7) is 8.68. The van der Waals surface area contributed by atoms with Gasteiger partial charge in [0, 0.05) is 23.3 Å². The van der Waals surface area contributed by atoms with E-state index in [4.69, 9.17) is 0 Å². The van der Waals surface area contributed by atoms with Crippen molar-refractivity contribution in [2.75, 3.05) is 5.75 Å². The molecule has 0 unspecified atom stereocenters. The van der Waals surface area contributed by atoms with E-state index >= 15 is 0 Å². The predicted octanol–water partition coefficient (Wildman–Crippen LogP) is 4.32. The maximum atomic E-state index is 11.0. The van der Waals surface area contributed by atoms with E-state index in [0.717, 1.165) is 18.6 Å². The van der Waals surface area contributed by atoms with E-state index in [1.807, 2.05) is 28.5 Å². The molecule has 0 aromatic heterocycles. The molecular formula is C11H22OS2. The van der Waals surface area contributed by atoms with Crippen LogP contribution < -0.4 is 0 Å². The molecule has 0 aliphatic rings. The van der Waals surface area contributed by atoms with Crippen molar-refractivity contribution in [3.8, 4) is 0 Å². The van der Waals surface area contributed by atoms with Crippen molar-refractivity contribution in [1.82, 2.24) is 0 Å². The average molecular weight is 234 g/mol. The molecule has 0 saturated heterocycles. The third-order valence-electron chi connectivity index (χ3n) is 2.21. The fraction of sp³-hybridized carbons (Fsp3) is 0.909. The minimum atomic E-state index is 0.374. The zero-order valence-corrected chi connectivity index (χ0v) is 11.4. The summed E-state index contributed by atoms with van der Waals surface area (Å²) < 4.78 is 0.374. The van der Waals surface area contributed by atoms with Gasteiger partial charge in [0.2, 0.25) is 0 Å². The summed E-state index contributed by atoms with van der Waals surface area (Å²) in [5.41, 5.74) is 0. The molecular weight excluding hydrogens is 212 g/mol. The van der Waals surface area contributed by atoms with Gasteiger partial charge in [0.05, 0.1) is 0 Å². The highest BCUT2D eigenvalue weighted by Gasteiger charge is 2.15. The van der Waals surface area contributed by atoms with Crippen LogP contribution >= 0.6 is 21.6 Å². The molecule has 14 heavy (non-hydrogen) atoms. The Bertz CT molecular complexity index is 167. The first-order valence-corrected chi connectivity index (χ1v) is 7.66. The third kappa shape index (κ3) is 7.74. The van der Waals surface area contributed by atoms with Crippen LogP contribution in [0.4, 0.5) is 0 Å². The molecule has 0 fully saturated rings. The van der Waals surface area contributed by atoms with E-state index in [1.54, 1.807) is 0 Å². The van der Waals surface area contributed by atoms with Crippen LogP contribution in [0.1, 0.15) is 53.4 Å². The summed E-state index contributed by atoms with van der Waals surface area (Å²) in [7, 11) is 3.85. The molecule has 0 spiro atoms. The van der Waals surface area contributed by atoms with Crippen LogP contribution in [0.25, 0.3) is 0 Å². The van der Waals surface area contributed by atoms with Gasteiger partial charge in [-0.25, -0.2) is 0 Å². The van der Waals surface area contributed by atoms with Crippen LogP contribution in [0.5, 0.6) is 0 Å². The molecule has 0 heterocycles. The Kier molecular flexibility index (Phi) is 7.84. The predicted molar refractivity (Wildman–Crippen MR) is 69.0 cm³/mol. The molecule has 0 radical (unpaired) electrons. The summed E-state index contributed by atoms with van der Waals surface area (Å²) in [4.78, 5) is 11.0. The van der Waals surface area contributed by atoms with Crippen molar-refractivity contribution in [3.63, 3.8) is 0 Å². The summed E-state index contributed by atoms with van der Waals surface area (Å²) >= 11 is 0. The second-order valence-electron chi connectivity index (χ2n) is 4.01. The van der Waals surface area contributed by atoms with Crippen molar-refractivity contribution in [1.29, 1.82) is 0 Å². The first-order chi connectivity index (χ1) is 6.52. The highest BCUT2D eigenvalue weighted by atomic mass is 33.1. The quantitative estimate of drug-likeness (QED) is 0.460. The van der Waals surface area contributed by atoms with Crippen LogP contribution in [0.15, 0.2) is 0 Å². The van der Waals surface area contributed by atoms with Gasteiger partial charge < -0.3 is 0 Å². The minimum Gasteiger partial charge on any atom is -0.300 e. The molecule has 0 aliphatic carbocycles. The number of rotatable bonds is 8. The normalized spacial score (nSPS) is 11.7. The molecule has 0 saturated carbocycles. The highest BCUT2D eigenvalue weighted by molar-refractivity contribution is 8.77. The second-order valence-corrected chi connectivity index (χ2v) is 7.14. The SMILES string of the molecule is CCC(=O)CCCSSC(C)(C)CC. The number of hydrogen-bond acceptors (Lipinski definition) is 3. The van der Waals surface area contributed by atoms with Gasteiger partial charge in [0.1, 0.15) is 5.78 Å². The lowest BCUT2D eigenvalue weighted by Gasteiger charge is -2.20. The van der Waals surface area contributed by atoms with Gasteiger partial charge in [-0.1, -0.05) is 35.4 Å². The maximum absolute atomic E-state index is 11.0. The molecule has 84 valence electrons. The molecule has 0 aromatic carbocycles. The average Bonchev–Trinajstić information content (AvgIpc) is 2.17. The number of carbonyl (C=O) groups is 1. The lowest BCUT2D eigenvalue weighted by Crippen LogP contribution is -2.10. The molecule has 0 amide bonds. The van der Waals surface area contributed by atoms with Gasteiger partial charge in [0.25, 0.3) is 0 Å². The summed E-state index contributed by atoms with van der Waals surface area (Å²) in [5.74, 6) is 1.49. The number of carbonyl (C=O) groups excluding carboxylic acids is 1. The summed E-state index contributed by atoms with van der Waals surface area (Å²) in [6.07, 6.45) is 3.68.